The number of rotatable bonds is 4. The highest BCUT2D eigenvalue weighted by atomic mass is 32.2. The molecule has 9 heteroatoms. The Kier molecular flexibility index (Phi) is 4.31. The number of aryl methyl sites for hydroxylation is 1. The van der Waals surface area contributed by atoms with Gasteiger partial charge in [-0.1, -0.05) is 0 Å². The highest BCUT2D eigenvalue weighted by Crippen LogP contribution is 2.17. The van der Waals surface area contributed by atoms with Gasteiger partial charge in [0.2, 0.25) is 10.0 Å². The van der Waals surface area contributed by atoms with Crippen LogP contribution >= 0.6 is 11.3 Å². The molecule has 0 bridgehead atoms. The first-order valence-electron chi connectivity index (χ1n) is 6.90. The summed E-state index contributed by atoms with van der Waals surface area (Å²) >= 11 is 1.57. The smallest absolute Gasteiger partial charge is 0.211 e. The van der Waals surface area contributed by atoms with Gasteiger partial charge in [0, 0.05) is 18.1 Å². The van der Waals surface area contributed by atoms with Crippen molar-refractivity contribution in [2.75, 3.05) is 12.8 Å². The number of thiazole rings is 1. The van der Waals surface area contributed by atoms with Gasteiger partial charge >= 0.3 is 0 Å². The Balaban J connectivity index is 1.75. The van der Waals surface area contributed by atoms with E-state index >= 15 is 0 Å². The first kappa shape index (κ1) is 15.6. The fraction of sp³-hybridized carbons (Fsp3) is 0.538. The molecule has 0 fully saturated rings. The number of ether oxygens (including phenoxy) is 1. The molecule has 0 aromatic carbocycles. The van der Waals surface area contributed by atoms with Gasteiger partial charge in [-0.25, -0.2) is 13.4 Å². The summed E-state index contributed by atoms with van der Waals surface area (Å²) in [7, 11) is -3.28. The average molecular weight is 342 g/mol. The molecule has 1 atom stereocenters. The van der Waals surface area contributed by atoms with Crippen LogP contribution in [-0.2, 0) is 34.5 Å². The van der Waals surface area contributed by atoms with Crippen molar-refractivity contribution >= 4 is 21.4 Å². The fourth-order valence-corrected chi connectivity index (χ4v) is 3.82. The van der Waals surface area contributed by atoms with E-state index in [4.69, 9.17) is 4.74 Å². The first-order chi connectivity index (χ1) is 10.4. The van der Waals surface area contributed by atoms with E-state index in [-0.39, 0.29) is 6.10 Å². The monoisotopic (exact) mass is 342 g/mol. The molecule has 3 rings (SSSR count). The maximum atomic E-state index is 11.9. The van der Waals surface area contributed by atoms with Crippen molar-refractivity contribution in [2.45, 2.75) is 32.7 Å². The van der Waals surface area contributed by atoms with Crippen LogP contribution in [0.5, 0.6) is 0 Å². The lowest BCUT2D eigenvalue weighted by atomic mass is 10.3. The zero-order valence-electron chi connectivity index (χ0n) is 12.5. The molecule has 0 saturated heterocycles. The normalized spacial score (nSPS) is 19.8. The second-order valence-electron chi connectivity index (χ2n) is 5.35. The zero-order chi connectivity index (χ0) is 15.7. The standard InChI is InChI=1S/C13H18N4O3S2/c1-10-15-11(9-21-10)8-20-13-6-16(22(2,18)19)5-12-3-4-14-17(12)7-13/h3-4,9,13H,5-8H2,1-2H3/t13-/m1/s1. The average Bonchev–Trinajstić information content (AvgIpc) is 3.00. The molecular weight excluding hydrogens is 324 g/mol. The van der Waals surface area contributed by atoms with Crippen molar-refractivity contribution < 1.29 is 13.2 Å². The minimum Gasteiger partial charge on any atom is -0.369 e. The molecule has 22 heavy (non-hydrogen) atoms. The predicted octanol–water partition coefficient (Wildman–Crippen LogP) is 1.01. The fourth-order valence-electron chi connectivity index (χ4n) is 2.42. The maximum absolute atomic E-state index is 11.9. The van der Waals surface area contributed by atoms with Gasteiger partial charge in [0.05, 0.1) is 48.5 Å². The second kappa shape index (κ2) is 6.07. The molecule has 0 unspecified atom stereocenters. The van der Waals surface area contributed by atoms with Crippen molar-refractivity contribution in [3.05, 3.63) is 34.0 Å². The number of aromatic nitrogens is 3. The summed E-state index contributed by atoms with van der Waals surface area (Å²) in [4.78, 5) is 4.36. The Morgan fingerprint density at radius 2 is 2.27 bits per heavy atom. The molecule has 2 aromatic rings. The van der Waals surface area contributed by atoms with E-state index in [1.54, 1.807) is 17.5 Å². The third-order valence-electron chi connectivity index (χ3n) is 3.53. The Morgan fingerprint density at radius 3 is 2.95 bits per heavy atom. The molecule has 0 spiro atoms. The van der Waals surface area contributed by atoms with Crippen molar-refractivity contribution in [1.29, 1.82) is 0 Å². The summed E-state index contributed by atoms with van der Waals surface area (Å²) in [6.45, 7) is 3.52. The Morgan fingerprint density at radius 1 is 1.45 bits per heavy atom. The minimum atomic E-state index is -3.28. The van der Waals surface area contributed by atoms with E-state index in [0.29, 0.717) is 26.2 Å². The van der Waals surface area contributed by atoms with Gasteiger partial charge in [-0.15, -0.1) is 11.3 Å². The van der Waals surface area contributed by atoms with E-state index in [1.807, 2.05) is 23.1 Å². The Labute approximate surface area is 133 Å². The summed E-state index contributed by atoms with van der Waals surface area (Å²) in [5.74, 6) is 0. The van der Waals surface area contributed by atoms with Gasteiger partial charge in [-0.2, -0.15) is 9.40 Å². The van der Waals surface area contributed by atoms with Crippen LogP contribution in [0.4, 0.5) is 0 Å². The predicted molar refractivity (Wildman–Crippen MR) is 82.9 cm³/mol. The zero-order valence-corrected chi connectivity index (χ0v) is 14.1. The van der Waals surface area contributed by atoms with E-state index in [2.05, 4.69) is 10.1 Å². The lowest BCUT2D eigenvalue weighted by molar-refractivity contribution is 0.0191. The van der Waals surface area contributed by atoms with E-state index in [0.717, 1.165) is 16.4 Å². The van der Waals surface area contributed by atoms with Gasteiger partial charge in [-0.3, -0.25) is 4.68 Å². The lowest BCUT2D eigenvalue weighted by Crippen LogP contribution is -2.36. The van der Waals surface area contributed by atoms with Gasteiger partial charge in [0.1, 0.15) is 0 Å². The molecule has 1 aliphatic heterocycles. The summed E-state index contributed by atoms with van der Waals surface area (Å²) in [6.07, 6.45) is 2.65. The summed E-state index contributed by atoms with van der Waals surface area (Å²) in [6, 6.07) is 1.84. The highest BCUT2D eigenvalue weighted by molar-refractivity contribution is 7.88. The number of hydrogen-bond donors (Lipinski definition) is 0. The van der Waals surface area contributed by atoms with Crippen molar-refractivity contribution in [3.63, 3.8) is 0 Å². The van der Waals surface area contributed by atoms with Crippen LogP contribution in [0.2, 0.25) is 0 Å². The molecular formula is C13H18N4O3S2. The van der Waals surface area contributed by atoms with Gasteiger partial charge in [0.15, 0.2) is 0 Å². The van der Waals surface area contributed by atoms with Gasteiger partial charge < -0.3 is 4.74 Å². The third-order valence-corrected chi connectivity index (χ3v) is 5.57. The minimum absolute atomic E-state index is 0.252. The Hall–Kier alpha value is -1.29. The molecule has 0 saturated carbocycles. The molecule has 0 radical (unpaired) electrons. The largest absolute Gasteiger partial charge is 0.369 e. The number of sulfonamides is 1. The van der Waals surface area contributed by atoms with Crippen LogP contribution in [0, 0.1) is 6.92 Å². The highest BCUT2D eigenvalue weighted by Gasteiger charge is 2.28. The van der Waals surface area contributed by atoms with Crippen molar-refractivity contribution in [3.8, 4) is 0 Å². The topological polar surface area (TPSA) is 77.3 Å². The van der Waals surface area contributed by atoms with Crippen molar-refractivity contribution in [1.82, 2.24) is 19.1 Å². The van der Waals surface area contributed by atoms with Crippen LogP contribution in [0.1, 0.15) is 16.4 Å². The molecule has 0 amide bonds. The lowest BCUT2D eigenvalue weighted by Gasteiger charge is -2.21. The van der Waals surface area contributed by atoms with Gasteiger partial charge in [-0.05, 0) is 13.0 Å². The molecule has 7 nitrogen and oxygen atoms in total. The van der Waals surface area contributed by atoms with Gasteiger partial charge in [0.25, 0.3) is 0 Å². The van der Waals surface area contributed by atoms with E-state index in [1.165, 1.54) is 10.6 Å². The van der Waals surface area contributed by atoms with Crippen LogP contribution in [0.15, 0.2) is 17.6 Å². The summed E-state index contributed by atoms with van der Waals surface area (Å²) in [5, 5.41) is 7.19. The van der Waals surface area contributed by atoms with E-state index < -0.39 is 10.0 Å². The summed E-state index contributed by atoms with van der Waals surface area (Å²) in [5.41, 5.74) is 1.75. The third kappa shape index (κ3) is 3.54. The summed E-state index contributed by atoms with van der Waals surface area (Å²) < 4.78 is 33.0. The molecule has 2 aromatic heterocycles. The maximum Gasteiger partial charge on any atom is 0.211 e. The molecule has 0 aliphatic carbocycles. The molecule has 3 heterocycles. The first-order valence-corrected chi connectivity index (χ1v) is 9.63. The molecule has 0 N–H and O–H groups in total. The Bertz CT molecular complexity index is 753. The van der Waals surface area contributed by atoms with Crippen LogP contribution in [-0.4, -0.2) is 46.4 Å². The van der Waals surface area contributed by atoms with Crippen molar-refractivity contribution in [2.24, 2.45) is 0 Å². The second-order valence-corrected chi connectivity index (χ2v) is 8.40. The number of hydrogen-bond acceptors (Lipinski definition) is 6. The van der Waals surface area contributed by atoms with Crippen LogP contribution in [0.3, 0.4) is 0 Å². The quantitative estimate of drug-likeness (QED) is 0.829. The number of fused-ring (bicyclic) bond motifs is 1. The molecule has 120 valence electrons. The van der Waals surface area contributed by atoms with Crippen LogP contribution < -0.4 is 0 Å². The van der Waals surface area contributed by atoms with E-state index in [9.17, 15) is 8.42 Å². The molecule has 1 aliphatic rings. The SMILES string of the molecule is Cc1nc(CO[C@@H]2CN(S(C)(=O)=O)Cc3ccnn3C2)cs1. The number of nitrogens with zero attached hydrogens (tertiary/aromatic N) is 4. The van der Waals surface area contributed by atoms with Crippen LogP contribution in [0.25, 0.3) is 0 Å².